The first-order valence-electron chi connectivity index (χ1n) is 6.42. The minimum absolute atomic E-state index is 0.0739. The van der Waals surface area contributed by atoms with Gasteiger partial charge in [0.1, 0.15) is 6.04 Å². The quantitative estimate of drug-likeness (QED) is 0.507. The molecule has 1 amide bonds. The topological polar surface area (TPSA) is 54.5 Å². The van der Waals surface area contributed by atoms with Gasteiger partial charge in [-0.05, 0) is 27.3 Å². The van der Waals surface area contributed by atoms with Gasteiger partial charge in [0.2, 0.25) is 0 Å². The van der Waals surface area contributed by atoms with Gasteiger partial charge in [0.25, 0.3) is 0 Å². The van der Waals surface area contributed by atoms with Crippen molar-refractivity contribution in [2.45, 2.75) is 13.0 Å². The third-order valence-corrected chi connectivity index (χ3v) is 5.02. The molecule has 0 spiro atoms. The predicted octanol–water partition coefficient (Wildman–Crippen LogP) is 1.82. The summed E-state index contributed by atoms with van der Waals surface area (Å²) in [5.74, 6) is 0.0909. The molecule has 0 fully saturated rings. The lowest BCUT2D eigenvalue weighted by Crippen LogP contribution is -2.55. The van der Waals surface area contributed by atoms with E-state index in [4.69, 9.17) is 0 Å². The number of rotatable bonds is 8. The van der Waals surface area contributed by atoms with Crippen LogP contribution in [0.4, 0.5) is 0 Å². The molecule has 0 aromatic rings. The van der Waals surface area contributed by atoms with Crippen molar-refractivity contribution in [3.63, 3.8) is 0 Å². The van der Waals surface area contributed by atoms with Gasteiger partial charge in [-0.25, -0.2) is 4.79 Å². The molecule has 1 atom stereocenters. The standard InChI is InChI=1S/C12H27N2O3P2/c1-11(13(2)7-10-19(5,6)17)12(15)14(3,4)8-9-18-16/h11H,7-10H2,1-6H3/q+1. The number of carbonyl (C=O) groups is 1. The lowest BCUT2D eigenvalue weighted by atomic mass is 10.2. The molecule has 0 saturated heterocycles. The lowest BCUT2D eigenvalue weighted by molar-refractivity contribution is -0.812. The Kier molecular flexibility index (Phi) is 7.60. The summed E-state index contributed by atoms with van der Waals surface area (Å²) in [6.07, 6.45) is 1.10. The zero-order chi connectivity index (χ0) is 15.3. The third kappa shape index (κ3) is 7.31. The zero-order valence-electron chi connectivity index (χ0n) is 12.9. The van der Waals surface area contributed by atoms with Gasteiger partial charge in [0.05, 0.1) is 33.9 Å². The maximum Gasteiger partial charge on any atom is 0.330 e. The molecule has 0 rings (SSSR count). The average Bonchev–Trinajstić information content (AvgIpc) is 2.30. The Labute approximate surface area is 118 Å². The Bertz CT molecular complexity index is 366. The van der Waals surface area contributed by atoms with E-state index in [2.05, 4.69) is 0 Å². The molecule has 0 bridgehead atoms. The van der Waals surface area contributed by atoms with Crippen molar-refractivity contribution in [3.05, 3.63) is 0 Å². The zero-order valence-corrected chi connectivity index (χ0v) is 14.7. The van der Waals surface area contributed by atoms with Crippen molar-refractivity contribution in [1.82, 2.24) is 4.90 Å². The molecule has 7 heteroatoms. The van der Waals surface area contributed by atoms with Crippen LogP contribution in [-0.4, -0.2) is 81.2 Å². The fraction of sp³-hybridized carbons (Fsp3) is 0.917. The molecule has 0 aromatic heterocycles. The van der Waals surface area contributed by atoms with Crippen molar-refractivity contribution < 1.29 is 18.4 Å². The first-order valence-corrected chi connectivity index (χ1v) is 10.2. The Hall–Kier alpha value is -0.0800. The molecule has 5 nitrogen and oxygen atoms in total. The number of hydrogen-bond donors (Lipinski definition) is 0. The molecule has 0 heterocycles. The van der Waals surface area contributed by atoms with Crippen LogP contribution in [-0.2, 0) is 13.9 Å². The van der Waals surface area contributed by atoms with E-state index in [1.165, 1.54) is 0 Å². The molecule has 0 saturated carbocycles. The van der Waals surface area contributed by atoms with Crippen molar-refractivity contribution in [1.29, 1.82) is 0 Å². The van der Waals surface area contributed by atoms with Gasteiger partial charge >= 0.3 is 5.91 Å². The van der Waals surface area contributed by atoms with Crippen LogP contribution in [0.25, 0.3) is 0 Å². The summed E-state index contributed by atoms with van der Waals surface area (Å²) >= 11 is 0. The molecular weight excluding hydrogens is 282 g/mol. The van der Waals surface area contributed by atoms with E-state index < -0.39 is 7.14 Å². The fourth-order valence-corrected chi connectivity index (χ4v) is 3.07. The molecule has 0 aliphatic heterocycles. The highest BCUT2D eigenvalue weighted by atomic mass is 31.2. The summed E-state index contributed by atoms with van der Waals surface area (Å²) in [7, 11) is 3.58. The number of quaternary nitrogens is 1. The van der Waals surface area contributed by atoms with Crippen molar-refractivity contribution in [3.8, 4) is 0 Å². The molecule has 0 aromatic carbocycles. The highest BCUT2D eigenvalue weighted by Crippen LogP contribution is 2.35. The van der Waals surface area contributed by atoms with Gasteiger partial charge in [-0.1, -0.05) is 0 Å². The maximum atomic E-state index is 12.4. The number of hydrogen-bond acceptors (Lipinski definition) is 4. The van der Waals surface area contributed by atoms with E-state index in [1.807, 2.05) is 33.0 Å². The Balaban J connectivity index is 4.54. The average molecular weight is 309 g/mol. The second kappa shape index (κ2) is 7.64. The minimum atomic E-state index is -2.05. The Morgan fingerprint density at radius 3 is 2.32 bits per heavy atom. The number of nitrogens with zero attached hydrogens (tertiary/aromatic N) is 2. The van der Waals surface area contributed by atoms with Crippen LogP contribution in [0.15, 0.2) is 0 Å². The van der Waals surface area contributed by atoms with Gasteiger partial charge in [0, 0.05) is 12.7 Å². The molecule has 112 valence electrons. The van der Waals surface area contributed by atoms with Gasteiger partial charge in [-0.3, -0.25) is 13.9 Å². The second-order valence-electron chi connectivity index (χ2n) is 6.05. The molecule has 0 aliphatic carbocycles. The Morgan fingerprint density at radius 2 is 1.89 bits per heavy atom. The summed E-state index contributed by atoms with van der Waals surface area (Å²) in [5.41, 5.74) is 0. The van der Waals surface area contributed by atoms with E-state index in [9.17, 15) is 13.9 Å². The van der Waals surface area contributed by atoms with E-state index >= 15 is 0 Å². The summed E-state index contributed by atoms with van der Waals surface area (Å²) in [5, 5.41) is 0. The smallest absolute Gasteiger partial charge is 0.324 e. The van der Waals surface area contributed by atoms with E-state index in [1.54, 1.807) is 13.3 Å². The first-order chi connectivity index (χ1) is 8.51. The number of amides is 1. The molecule has 0 N–H and O–H groups in total. The van der Waals surface area contributed by atoms with E-state index in [0.29, 0.717) is 25.4 Å². The van der Waals surface area contributed by atoms with Crippen LogP contribution in [0.3, 0.4) is 0 Å². The van der Waals surface area contributed by atoms with Gasteiger partial charge in [0.15, 0.2) is 8.46 Å². The van der Waals surface area contributed by atoms with Crippen molar-refractivity contribution in [2.24, 2.45) is 0 Å². The highest BCUT2D eigenvalue weighted by Gasteiger charge is 2.33. The molecule has 0 aliphatic rings. The van der Waals surface area contributed by atoms with E-state index in [0.717, 1.165) is 0 Å². The maximum absolute atomic E-state index is 12.4. The molecule has 19 heavy (non-hydrogen) atoms. The van der Waals surface area contributed by atoms with Gasteiger partial charge in [-0.2, -0.15) is 0 Å². The molecule has 0 radical (unpaired) electrons. The van der Waals surface area contributed by atoms with Crippen LogP contribution in [0, 0.1) is 0 Å². The van der Waals surface area contributed by atoms with Crippen LogP contribution in [0.2, 0.25) is 0 Å². The van der Waals surface area contributed by atoms with Gasteiger partial charge in [-0.15, -0.1) is 0 Å². The summed E-state index contributed by atoms with van der Waals surface area (Å²) in [6.45, 7) is 6.61. The van der Waals surface area contributed by atoms with Crippen LogP contribution in [0.5, 0.6) is 0 Å². The number of likely N-dealkylation sites (N-methyl/N-ethyl adjacent to an activating group) is 2. The van der Waals surface area contributed by atoms with Gasteiger partial charge < -0.3 is 4.57 Å². The molecular formula is C12H27N2O3P2+. The number of carbonyl (C=O) groups excluding carboxylic acids is 1. The Morgan fingerprint density at radius 1 is 1.37 bits per heavy atom. The van der Waals surface area contributed by atoms with E-state index in [-0.39, 0.29) is 24.9 Å². The SMILES string of the molecule is CC(C(=O)[N+](C)(C)CCP=O)N(C)CCP(C)(C)=O. The largest absolute Gasteiger partial charge is 0.330 e. The van der Waals surface area contributed by atoms with Crippen LogP contribution < -0.4 is 0 Å². The summed E-state index contributed by atoms with van der Waals surface area (Å²) in [6, 6.07) is -0.232. The predicted molar refractivity (Wildman–Crippen MR) is 80.9 cm³/mol. The van der Waals surface area contributed by atoms with Crippen LogP contribution >= 0.6 is 15.6 Å². The van der Waals surface area contributed by atoms with Crippen molar-refractivity contribution in [2.75, 3.05) is 59.9 Å². The summed E-state index contributed by atoms with van der Waals surface area (Å²) in [4.78, 5) is 14.3. The summed E-state index contributed by atoms with van der Waals surface area (Å²) < 4.78 is 22.4. The highest BCUT2D eigenvalue weighted by molar-refractivity contribution is 7.62. The second-order valence-corrected chi connectivity index (χ2v) is 10.4. The monoisotopic (exact) mass is 309 g/mol. The minimum Gasteiger partial charge on any atom is -0.324 e. The normalized spacial score (nSPS) is 14.9. The fourth-order valence-electron chi connectivity index (χ4n) is 1.69. The first kappa shape index (κ1) is 18.9. The molecule has 1 unspecified atom stereocenters. The van der Waals surface area contributed by atoms with Crippen molar-refractivity contribution >= 4 is 21.5 Å². The third-order valence-electron chi connectivity index (χ3n) is 3.36. The van der Waals surface area contributed by atoms with Crippen LogP contribution in [0.1, 0.15) is 6.92 Å². The lowest BCUT2D eigenvalue weighted by Gasteiger charge is -2.32.